The Hall–Kier alpha value is -3.01. The number of aromatic nitrogens is 1. The summed E-state index contributed by atoms with van der Waals surface area (Å²) in [5.41, 5.74) is 4.62. The van der Waals surface area contributed by atoms with Crippen molar-refractivity contribution in [3.05, 3.63) is 95.1 Å². The molecule has 0 spiro atoms. The molecule has 2 aromatic carbocycles. The number of carbonyl (C=O) groups is 1. The molecule has 1 amide bonds. The predicted octanol–water partition coefficient (Wildman–Crippen LogP) is 4.80. The summed E-state index contributed by atoms with van der Waals surface area (Å²) in [4.78, 5) is 17.3. The second-order valence-corrected chi connectivity index (χ2v) is 6.42. The maximum Gasteiger partial charge on any atom is 0.232 e. The third-order valence-corrected chi connectivity index (χ3v) is 4.50. The van der Waals surface area contributed by atoms with Crippen LogP contribution < -0.4 is 5.32 Å². The van der Waals surface area contributed by atoms with Crippen LogP contribution in [0.3, 0.4) is 0 Å². The molecule has 0 fully saturated rings. The molecule has 0 bridgehead atoms. The van der Waals surface area contributed by atoms with Crippen LogP contribution in [0.15, 0.2) is 66.9 Å². The van der Waals surface area contributed by atoms with Crippen molar-refractivity contribution in [2.75, 3.05) is 5.32 Å². The van der Waals surface area contributed by atoms with Crippen LogP contribution in [0.1, 0.15) is 28.3 Å². The van der Waals surface area contributed by atoms with Gasteiger partial charge in [-0.3, -0.25) is 9.78 Å². The molecule has 1 unspecified atom stereocenters. The summed E-state index contributed by atoms with van der Waals surface area (Å²) in [6.07, 6.45) is 2.15. The number of anilines is 1. The molecule has 0 radical (unpaired) electrons. The number of pyridine rings is 1. The van der Waals surface area contributed by atoms with E-state index < -0.39 is 5.92 Å². The lowest BCUT2D eigenvalue weighted by Crippen LogP contribution is -2.23. The van der Waals surface area contributed by atoms with Gasteiger partial charge in [0.2, 0.25) is 5.91 Å². The normalized spacial score (nSPS) is 11.8. The number of nitrogens with one attached hydrogen (secondary N) is 1. The van der Waals surface area contributed by atoms with Gasteiger partial charge < -0.3 is 5.32 Å². The molecule has 1 aromatic heterocycles. The number of halogens is 1. The molecular formula is C22H21FN2O. The van der Waals surface area contributed by atoms with Gasteiger partial charge in [0.15, 0.2) is 0 Å². The van der Waals surface area contributed by atoms with E-state index in [-0.39, 0.29) is 11.7 Å². The fourth-order valence-electron chi connectivity index (χ4n) is 2.83. The van der Waals surface area contributed by atoms with Gasteiger partial charge in [0.1, 0.15) is 5.82 Å². The maximum absolute atomic E-state index is 13.3. The van der Waals surface area contributed by atoms with Crippen LogP contribution in [0.5, 0.6) is 0 Å². The quantitative estimate of drug-likeness (QED) is 0.719. The van der Waals surface area contributed by atoms with Crippen LogP contribution in [-0.2, 0) is 11.2 Å². The lowest BCUT2D eigenvalue weighted by molar-refractivity contribution is -0.117. The van der Waals surface area contributed by atoms with Crippen molar-refractivity contribution in [1.29, 1.82) is 0 Å². The zero-order valence-electron chi connectivity index (χ0n) is 14.9. The van der Waals surface area contributed by atoms with Crippen LogP contribution in [0, 0.1) is 19.7 Å². The number of hydrogen-bond donors (Lipinski definition) is 1. The first-order valence-electron chi connectivity index (χ1n) is 8.56. The second-order valence-electron chi connectivity index (χ2n) is 6.42. The number of aryl methyl sites for hydroxylation is 2. The van der Waals surface area contributed by atoms with Gasteiger partial charge in [-0.25, -0.2) is 4.39 Å². The summed E-state index contributed by atoms with van der Waals surface area (Å²) in [6.45, 7) is 4.04. The van der Waals surface area contributed by atoms with Crippen LogP contribution in [0.4, 0.5) is 10.1 Å². The number of amides is 1. The molecule has 26 heavy (non-hydrogen) atoms. The van der Waals surface area contributed by atoms with Gasteiger partial charge in [-0.2, -0.15) is 0 Å². The molecule has 132 valence electrons. The molecular weight excluding hydrogens is 327 g/mol. The average molecular weight is 348 g/mol. The lowest BCUT2D eigenvalue weighted by atomic mass is 9.92. The molecule has 0 aliphatic rings. The third-order valence-electron chi connectivity index (χ3n) is 4.50. The van der Waals surface area contributed by atoms with Gasteiger partial charge in [-0.15, -0.1) is 0 Å². The zero-order chi connectivity index (χ0) is 18.5. The van der Waals surface area contributed by atoms with E-state index in [0.29, 0.717) is 6.42 Å². The van der Waals surface area contributed by atoms with E-state index in [2.05, 4.69) is 10.3 Å². The Balaban J connectivity index is 1.87. The van der Waals surface area contributed by atoms with Gasteiger partial charge in [0, 0.05) is 24.0 Å². The first kappa shape index (κ1) is 17.8. The number of nitrogens with zero attached hydrogens (tertiary/aromatic N) is 1. The van der Waals surface area contributed by atoms with Crippen LogP contribution in [0.25, 0.3) is 0 Å². The molecule has 0 saturated carbocycles. The van der Waals surface area contributed by atoms with Gasteiger partial charge in [0.05, 0.1) is 5.92 Å². The predicted molar refractivity (Wildman–Crippen MR) is 102 cm³/mol. The van der Waals surface area contributed by atoms with E-state index in [9.17, 15) is 9.18 Å². The fourth-order valence-corrected chi connectivity index (χ4v) is 2.83. The highest BCUT2D eigenvalue weighted by Gasteiger charge is 2.22. The number of carbonyl (C=O) groups excluding carboxylic acids is 1. The molecule has 1 N–H and O–H groups in total. The maximum atomic E-state index is 13.3. The summed E-state index contributed by atoms with van der Waals surface area (Å²) < 4.78 is 13.3. The van der Waals surface area contributed by atoms with E-state index in [4.69, 9.17) is 0 Å². The molecule has 0 aliphatic carbocycles. The highest BCUT2D eigenvalue weighted by atomic mass is 19.1. The van der Waals surface area contributed by atoms with Gasteiger partial charge in [-0.05, 0) is 66.9 Å². The molecule has 3 nitrogen and oxygen atoms in total. The summed E-state index contributed by atoms with van der Waals surface area (Å²) in [5, 5.41) is 2.98. The highest BCUT2D eigenvalue weighted by molar-refractivity contribution is 5.96. The van der Waals surface area contributed by atoms with Crippen LogP contribution >= 0.6 is 0 Å². The largest absolute Gasteiger partial charge is 0.326 e. The monoisotopic (exact) mass is 348 g/mol. The minimum atomic E-state index is -0.452. The van der Waals surface area contributed by atoms with Gasteiger partial charge >= 0.3 is 0 Å². The first-order chi connectivity index (χ1) is 12.5. The Bertz CT molecular complexity index is 892. The summed E-state index contributed by atoms with van der Waals surface area (Å²) in [7, 11) is 0. The van der Waals surface area contributed by atoms with E-state index in [1.807, 2.05) is 50.2 Å². The lowest BCUT2D eigenvalue weighted by Gasteiger charge is -2.18. The number of hydrogen-bond acceptors (Lipinski definition) is 2. The highest BCUT2D eigenvalue weighted by Crippen LogP contribution is 2.24. The van der Waals surface area contributed by atoms with Crippen molar-refractivity contribution in [3.8, 4) is 0 Å². The van der Waals surface area contributed by atoms with Crippen molar-refractivity contribution in [2.24, 2.45) is 0 Å². The summed E-state index contributed by atoms with van der Waals surface area (Å²) in [6, 6.07) is 17.5. The SMILES string of the molecule is Cc1ccc(NC(=O)C(Cc2ccccn2)c2ccc(F)cc2)cc1C. The Morgan fingerprint density at radius 3 is 2.46 bits per heavy atom. The van der Waals surface area contributed by atoms with Crippen molar-refractivity contribution in [2.45, 2.75) is 26.2 Å². The van der Waals surface area contributed by atoms with Crippen molar-refractivity contribution in [1.82, 2.24) is 4.98 Å². The molecule has 0 aliphatic heterocycles. The summed E-state index contributed by atoms with van der Waals surface area (Å²) in [5.74, 6) is -0.905. The minimum Gasteiger partial charge on any atom is -0.326 e. The molecule has 0 saturated heterocycles. The van der Waals surface area contributed by atoms with Crippen molar-refractivity contribution >= 4 is 11.6 Å². The first-order valence-corrected chi connectivity index (χ1v) is 8.56. The molecule has 1 atom stereocenters. The number of benzene rings is 2. The summed E-state index contributed by atoms with van der Waals surface area (Å²) >= 11 is 0. The van der Waals surface area contributed by atoms with Crippen LogP contribution in [-0.4, -0.2) is 10.9 Å². The van der Waals surface area contributed by atoms with E-state index in [0.717, 1.165) is 22.5 Å². The topological polar surface area (TPSA) is 42.0 Å². The van der Waals surface area contributed by atoms with Crippen molar-refractivity contribution < 1.29 is 9.18 Å². The Morgan fingerprint density at radius 2 is 1.81 bits per heavy atom. The minimum absolute atomic E-state index is 0.134. The molecule has 3 aromatic rings. The number of rotatable bonds is 5. The molecule has 1 heterocycles. The molecule has 4 heteroatoms. The van der Waals surface area contributed by atoms with E-state index in [1.54, 1.807) is 18.3 Å². The Kier molecular flexibility index (Phi) is 5.42. The van der Waals surface area contributed by atoms with Gasteiger partial charge in [0.25, 0.3) is 0 Å². The van der Waals surface area contributed by atoms with Crippen molar-refractivity contribution in [3.63, 3.8) is 0 Å². The Labute approximate surface area is 152 Å². The van der Waals surface area contributed by atoms with Gasteiger partial charge in [-0.1, -0.05) is 24.3 Å². The second kappa shape index (κ2) is 7.91. The van der Waals surface area contributed by atoms with E-state index in [1.165, 1.54) is 17.7 Å². The van der Waals surface area contributed by atoms with Crippen LogP contribution in [0.2, 0.25) is 0 Å². The average Bonchev–Trinajstić information content (AvgIpc) is 2.64. The standard InChI is InChI=1S/C22H21FN2O/c1-15-6-11-20(13-16(15)2)25-22(26)21(14-19-5-3-4-12-24-19)17-7-9-18(23)10-8-17/h3-13,21H,14H2,1-2H3,(H,25,26). The smallest absolute Gasteiger partial charge is 0.232 e. The third kappa shape index (κ3) is 4.33. The molecule has 3 rings (SSSR count). The Morgan fingerprint density at radius 1 is 1.04 bits per heavy atom. The zero-order valence-corrected chi connectivity index (χ0v) is 14.9. The fraction of sp³-hybridized carbons (Fsp3) is 0.182. The van der Waals surface area contributed by atoms with E-state index >= 15 is 0 Å².